The van der Waals surface area contributed by atoms with Gasteiger partial charge in [-0.2, -0.15) is 0 Å². The van der Waals surface area contributed by atoms with E-state index in [1.165, 1.54) is 5.56 Å². The van der Waals surface area contributed by atoms with E-state index in [1.54, 1.807) is 7.11 Å². The number of benzene rings is 1. The maximum absolute atomic E-state index is 5.85. The number of nitrogens with two attached hydrogens (primary N) is 1. The Kier molecular flexibility index (Phi) is 9.08. The lowest BCUT2D eigenvalue weighted by Crippen LogP contribution is -2.17. The Morgan fingerprint density at radius 1 is 1.26 bits per heavy atom. The zero-order valence-corrected chi connectivity index (χ0v) is 13.2. The molecule has 1 aromatic carbocycles. The highest BCUT2D eigenvalue weighted by Crippen LogP contribution is 2.17. The molecule has 1 aromatic rings. The van der Waals surface area contributed by atoms with Crippen molar-refractivity contribution in [3.8, 4) is 0 Å². The summed E-state index contributed by atoms with van der Waals surface area (Å²) in [5.41, 5.74) is 7.19. The van der Waals surface area contributed by atoms with Gasteiger partial charge < -0.3 is 15.2 Å². The Balaban J connectivity index is 2.22. The minimum atomic E-state index is 0.528. The Labute approximate surface area is 124 Å². The van der Waals surface area contributed by atoms with E-state index in [4.69, 9.17) is 15.2 Å². The van der Waals surface area contributed by atoms with Crippen LogP contribution in [0.25, 0.3) is 0 Å². The number of hydrogen-bond acceptors (Lipinski definition) is 3. The fraction of sp³-hybridized carbons (Fsp3) is 0.600. The van der Waals surface area contributed by atoms with Crippen LogP contribution in [0, 0.1) is 5.92 Å². The van der Waals surface area contributed by atoms with E-state index in [1.807, 2.05) is 6.07 Å². The number of methoxy groups -OCH3 is 1. The first-order valence-corrected chi connectivity index (χ1v) is 7.56. The van der Waals surface area contributed by atoms with E-state index in [0.717, 1.165) is 36.9 Å². The second-order valence-electron chi connectivity index (χ2n) is 4.68. The molecular formula is C15H24BrNO2. The van der Waals surface area contributed by atoms with Crippen LogP contribution in [0.1, 0.15) is 18.4 Å². The summed E-state index contributed by atoms with van der Waals surface area (Å²) in [7, 11) is 1.69. The molecule has 0 radical (unpaired) electrons. The highest BCUT2D eigenvalue weighted by molar-refractivity contribution is 9.10. The van der Waals surface area contributed by atoms with Gasteiger partial charge in [-0.05, 0) is 49.4 Å². The molecule has 0 aliphatic rings. The van der Waals surface area contributed by atoms with Gasteiger partial charge in [0, 0.05) is 18.2 Å². The molecule has 0 aromatic heterocycles. The topological polar surface area (TPSA) is 44.5 Å². The molecule has 0 bridgehead atoms. The lowest BCUT2D eigenvalue weighted by molar-refractivity contribution is 0.0673. The van der Waals surface area contributed by atoms with E-state index >= 15 is 0 Å². The van der Waals surface area contributed by atoms with Crippen LogP contribution in [-0.2, 0) is 15.9 Å². The predicted molar refractivity (Wildman–Crippen MR) is 82.3 cm³/mol. The smallest absolute Gasteiger partial charge is 0.0700 e. The van der Waals surface area contributed by atoms with Crippen LogP contribution in [0.2, 0.25) is 0 Å². The largest absolute Gasteiger partial charge is 0.382 e. The quantitative estimate of drug-likeness (QED) is 0.671. The average Bonchev–Trinajstić information content (AvgIpc) is 2.41. The molecule has 108 valence electrons. The van der Waals surface area contributed by atoms with Crippen molar-refractivity contribution >= 4 is 15.9 Å². The molecule has 0 aliphatic carbocycles. The molecule has 4 heteroatoms. The molecule has 0 spiro atoms. The molecule has 1 unspecified atom stereocenters. The third kappa shape index (κ3) is 7.67. The minimum absolute atomic E-state index is 0.528. The van der Waals surface area contributed by atoms with Crippen LogP contribution in [0.4, 0.5) is 0 Å². The Morgan fingerprint density at radius 2 is 2.11 bits per heavy atom. The molecule has 0 saturated heterocycles. The van der Waals surface area contributed by atoms with E-state index in [0.29, 0.717) is 19.1 Å². The van der Waals surface area contributed by atoms with Gasteiger partial charge in [-0.1, -0.05) is 28.1 Å². The number of rotatable bonds is 10. The predicted octanol–water partition coefficient (Wildman–Crippen LogP) is 3.01. The fourth-order valence-corrected chi connectivity index (χ4v) is 2.47. The van der Waals surface area contributed by atoms with Gasteiger partial charge in [0.05, 0.1) is 13.2 Å². The number of halogens is 1. The van der Waals surface area contributed by atoms with Gasteiger partial charge in [0.25, 0.3) is 0 Å². The molecule has 3 nitrogen and oxygen atoms in total. The minimum Gasteiger partial charge on any atom is -0.382 e. The first-order chi connectivity index (χ1) is 9.26. The first kappa shape index (κ1) is 16.6. The molecule has 0 fully saturated rings. The highest BCUT2D eigenvalue weighted by Gasteiger charge is 2.08. The third-order valence-corrected chi connectivity index (χ3v) is 3.57. The number of hydrogen-bond donors (Lipinski definition) is 1. The number of ether oxygens (including phenoxy) is 2. The van der Waals surface area contributed by atoms with Crippen LogP contribution >= 0.6 is 15.9 Å². The summed E-state index contributed by atoms with van der Waals surface area (Å²) in [6, 6.07) is 8.44. The van der Waals surface area contributed by atoms with E-state index in [-0.39, 0.29) is 0 Å². The molecule has 0 saturated carbocycles. The summed E-state index contributed by atoms with van der Waals surface area (Å²) in [6.45, 7) is 2.86. The van der Waals surface area contributed by atoms with Crippen molar-refractivity contribution in [1.29, 1.82) is 0 Å². The lowest BCUT2D eigenvalue weighted by atomic mass is 9.95. The van der Waals surface area contributed by atoms with Crippen LogP contribution in [0.15, 0.2) is 28.7 Å². The maximum Gasteiger partial charge on any atom is 0.0700 e. The van der Waals surface area contributed by atoms with Crippen LogP contribution < -0.4 is 5.73 Å². The SMILES string of the molecule is COCCOCCCC(CN)Cc1cccc(Br)c1. The molecule has 19 heavy (non-hydrogen) atoms. The molecular weight excluding hydrogens is 306 g/mol. The van der Waals surface area contributed by atoms with Crippen molar-refractivity contribution in [3.63, 3.8) is 0 Å². The second kappa shape index (κ2) is 10.4. The monoisotopic (exact) mass is 329 g/mol. The maximum atomic E-state index is 5.85. The van der Waals surface area contributed by atoms with Crippen molar-refractivity contribution in [2.24, 2.45) is 11.7 Å². The molecule has 1 rings (SSSR count). The van der Waals surface area contributed by atoms with Gasteiger partial charge in [-0.3, -0.25) is 0 Å². The van der Waals surface area contributed by atoms with Crippen LogP contribution in [0.3, 0.4) is 0 Å². The van der Waals surface area contributed by atoms with Crippen molar-refractivity contribution in [1.82, 2.24) is 0 Å². The van der Waals surface area contributed by atoms with Gasteiger partial charge in [0.15, 0.2) is 0 Å². The lowest BCUT2D eigenvalue weighted by Gasteiger charge is -2.15. The molecule has 0 heterocycles. The van der Waals surface area contributed by atoms with Crippen molar-refractivity contribution < 1.29 is 9.47 Å². The summed E-state index contributed by atoms with van der Waals surface area (Å²) in [4.78, 5) is 0. The zero-order valence-electron chi connectivity index (χ0n) is 11.6. The summed E-state index contributed by atoms with van der Waals surface area (Å²) in [6.07, 6.45) is 3.20. The van der Waals surface area contributed by atoms with Gasteiger partial charge in [0.1, 0.15) is 0 Å². The van der Waals surface area contributed by atoms with Crippen molar-refractivity contribution in [2.75, 3.05) is 33.5 Å². The van der Waals surface area contributed by atoms with Crippen LogP contribution in [0.5, 0.6) is 0 Å². The van der Waals surface area contributed by atoms with Gasteiger partial charge >= 0.3 is 0 Å². The fourth-order valence-electron chi connectivity index (χ4n) is 2.02. The Morgan fingerprint density at radius 3 is 2.79 bits per heavy atom. The normalized spacial score (nSPS) is 12.6. The zero-order chi connectivity index (χ0) is 13.9. The van der Waals surface area contributed by atoms with Gasteiger partial charge in [-0.15, -0.1) is 0 Å². The second-order valence-corrected chi connectivity index (χ2v) is 5.60. The molecule has 2 N–H and O–H groups in total. The van der Waals surface area contributed by atoms with Crippen LogP contribution in [-0.4, -0.2) is 33.5 Å². The average molecular weight is 330 g/mol. The highest BCUT2D eigenvalue weighted by atomic mass is 79.9. The van der Waals surface area contributed by atoms with E-state index in [9.17, 15) is 0 Å². The standard InChI is InChI=1S/C15H24BrNO2/c1-18-8-9-19-7-3-5-14(12-17)10-13-4-2-6-15(16)11-13/h2,4,6,11,14H,3,5,7-10,12,17H2,1H3. The van der Waals surface area contributed by atoms with Crippen molar-refractivity contribution in [2.45, 2.75) is 19.3 Å². The van der Waals surface area contributed by atoms with E-state index < -0.39 is 0 Å². The van der Waals surface area contributed by atoms with Gasteiger partial charge in [-0.25, -0.2) is 0 Å². The molecule has 0 aliphatic heterocycles. The van der Waals surface area contributed by atoms with E-state index in [2.05, 4.69) is 34.1 Å². The third-order valence-electron chi connectivity index (χ3n) is 3.08. The molecule has 0 amide bonds. The first-order valence-electron chi connectivity index (χ1n) is 6.77. The summed E-state index contributed by atoms with van der Waals surface area (Å²) in [5, 5.41) is 0. The summed E-state index contributed by atoms with van der Waals surface area (Å²) >= 11 is 3.50. The van der Waals surface area contributed by atoms with Gasteiger partial charge in [0.2, 0.25) is 0 Å². The molecule has 1 atom stereocenters. The summed E-state index contributed by atoms with van der Waals surface area (Å²) in [5.74, 6) is 0.528. The summed E-state index contributed by atoms with van der Waals surface area (Å²) < 4.78 is 11.5. The Hall–Kier alpha value is -0.420. The Bertz CT molecular complexity index is 347. The van der Waals surface area contributed by atoms with Crippen molar-refractivity contribution in [3.05, 3.63) is 34.3 Å².